The van der Waals surface area contributed by atoms with Crippen LogP contribution in [0.5, 0.6) is 5.75 Å². The minimum absolute atomic E-state index is 0.0982. The summed E-state index contributed by atoms with van der Waals surface area (Å²) in [5, 5.41) is 18.6. The van der Waals surface area contributed by atoms with Crippen LogP contribution >= 0.6 is 0 Å². The van der Waals surface area contributed by atoms with E-state index < -0.39 is 12.1 Å². The summed E-state index contributed by atoms with van der Waals surface area (Å²) < 4.78 is 21.2. The van der Waals surface area contributed by atoms with E-state index in [4.69, 9.17) is 24.1 Å². The first-order chi connectivity index (χ1) is 17.3. The smallest absolute Gasteiger partial charge is 0.329 e. The maximum atomic E-state index is 10.3. The highest BCUT2D eigenvalue weighted by atomic mass is 16.6. The Hall–Kier alpha value is -3.17. The molecule has 2 aromatic rings. The Kier molecular flexibility index (Phi) is 12.7. The summed E-state index contributed by atoms with van der Waals surface area (Å²) in [6.45, 7) is 7.19. The Balaban J connectivity index is 1.73. The third-order valence-electron chi connectivity index (χ3n) is 5.19. The molecule has 0 heterocycles. The average molecular weight is 500 g/mol. The topological polar surface area (TPSA) is 97.7 Å². The number of hydrogen-bond acceptors (Lipinski definition) is 7. The Morgan fingerprint density at radius 1 is 1.00 bits per heavy atom. The molecule has 0 aliphatic carbocycles. The molecule has 2 N–H and O–H groups in total. The average Bonchev–Trinajstić information content (AvgIpc) is 2.86. The second-order valence-electron chi connectivity index (χ2n) is 8.42. The van der Waals surface area contributed by atoms with Gasteiger partial charge in [-0.15, -0.1) is 0 Å². The summed E-state index contributed by atoms with van der Waals surface area (Å²) in [7, 11) is 4.02. The Bertz CT molecular complexity index is 986. The van der Waals surface area contributed by atoms with E-state index in [2.05, 4.69) is 35.7 Å². The van der Waals surface area contributed by atoms with Crippen molar-refractivity contribution in [3.05, 3.63) is 71.8 Å². The maximum Gasteiger partial charge on any atom is 0.329 e. The van der Waals surface area contributed by atoms with Crippen molar-refractivity contribution in [2.45, 2.75) is 13.0 Å². The number of ether oxygens (including phenoxy) is 4. The minimum Gasteiger partial charge on any atom is -0.491 e. The van der Waals surface area contributed by atoms with E-state index in [1.165, 1.54) is 0 Å². The highest BCUT2D eigenvalue weighted by Crippen LogP contribution is 2.22. The number of carbonyl (C=O) groups is 1. The summed E-state index contributed by atoms with van der Waals surface area (Å²) in [5.74, 6) is -0.356. The molecule has 0 amide bonds. The number of aliphatic carboxylic acids is 1. The number of aliphatic hydroxyl groups is 1. The van der Waals surface area contributed by atoms with Gasteiger partial charge in [-0.1, -0.05) is 36.9 Å². The molecule has 0 aliphatic heterocycles. The number of nitrogens with zero attached hydrogens (tertiary/aromatic N) is 1. The van der Waals surface area contributed by atoms with Crippen LogP contribution in [0, 0.1) is 6.92 Å². The number of carboxylic acids is 1. The number of hydrogen-bond donors (Lipinski definition) is 2. The lowest BCUT2D eigenvalue weighted by Gasteiger charge is -2.14. The van der Waals surface area contributed by atoms with Crippen molar-refractivity contribution >= 4 is 23.3 Å². The molecule has 2 rings (SSSR count). The van der Waals surface area contributed by atoms with Crippen LogP contribution in [0.25, 0.3) is 11.6 Å². The fourth-order valence-electron chi connectivity index (χ4n) is 3.11. The number of allylic oxidation sites excluding steroid dienone is 2. The van der Waals surface area contributed by atoms with E-state index >= 15 is 0 Å². The van der Waals surface area contributed by atoms with Crippen LogP contribution in [0.2, 0.25) is 0 Å². The van der Waals surface area contributed by atoms with Gasteiger partial charge in [-0.2, -0.15) is 0 Å². The van der Waals surface area contributed by atoms with Crippen molar-refractivity contribution in [1.29, 1.82) is 0 Å². The molecule has 0 radical (unpaired) electrons. The Morgan fingerprint density at radius 3 is 2.33 bits per heavy atom. The van der Waals surface area contributed by atoms with E-state index in [0.29, 0.717) is 19.0 Å². The molecule has 8 heteroatoms. The zero-order valence-electron chi connectivity index (χ0n) is 21.3. The maximum absolute atomic E-state index is 10.3. The number of aryl methyl sites for hydroxylation is 1. The van der Waals surface area contributed by atoms with Gasteiger partial charge in [-0.25, -0.2) is 4.79 Å². The lowest BCUT2D eigenvalue weighted by Crippen LogP contribution is -2.24. The lowest BCUT2D eigenvalue weighted by atomic mass is 10.0. The number of rotatable bonds is 17. The van der Waals surface area contributed by atoms with Crippen LogP contribution in [-0.2, 0) is 19.0 Å². The van der Waals surface area contributed by atoms with Gasteiger partial charge in [0.1, 0.15) is 25.1 Å². The second kappa shape index (κ2) is 15.7. The molecular formula is C28H37NO7. The van der Waals surface area contributed by atoms with Crippen LogP contribution < -0.4 is 9.64 Å². The van der Waals surface area contributed by atoms with Crippen molar-refractivity contribution in [1.82, 2.24) is 0 Å². The quantitative estimate of drug-likeness (QED) is 0.251. The van der Waals surface area contributed by atoms with Gasteiger partial charge in [0.25, 0.3) is 0 Å². The van der Waals surface area contributed by atoms with Crippen LogP contribution in [-0.4, -0.2) is 82.6 Å². The van der Waals surface area contributed by atoms with E-state index in [-0.39, 0.29) is 33.0 Å². The molecule has 0 saturated carbocycles. The minimum atomic E-state index is -1.01. The zero-order chi connectivity index (χ0) is 26.3. The van der Waals surface area contributed by atoms with Crippen molar-refractivity contribution in [2.24, 2.45) is 0 Å². The number of aliphatic hydroxyl groups excluding tert-OH is 1. The molecule has 0 aliphatic rings. The fourth-order valence-corrected chi connectivity index (χ4v) is 3.11. The molecule has 1 unspecified atom stereocenters. The number of anilines is 1. The van der Waals surface area contributed by atoms with Crippen molar-refractivity contribution in [3.8, 4) is 5.75 Å². The van der Waals surface area contributed by atoms with Gasteiger partial charge in [0.05, 0.1) is 33.0 Å². The lowest BCUT2D eigenvalue weighted by molar-refractivity contribution is -0.142. The molecule has 0 fully saturated rings. The van der Waals surface area contributed by atoms with Gasteiger partial charge in [0.2, 0.25) is 0 Å². The highest BCUT2D eigenvalue weighted by molar-refractivity contribution is 5.78. The third-order valence-corrected chi connectivity index (χ3v) is 5.19. The van der Waals surface area contributed by atoms with Gasteiger partial charge in [0.15, 0.2) is 0 Å². The van der Waals surface area contributed by atoms with E-state index in [0.717, 1.165) is 28.0 Å². The summed E-state index contributed by atoms with van der Waals surface area (Å²) in [4.78, 5) is 12.4. The van der Waals surface area contributed by atoms with Crippen molar-refractivity contribution < 1.29 is 34.0 Å². The molecule has 0 aromatic heterocycles. The first kappa shape index (κ1) is 29.1. The van der Waals surface area contributed by atoms with E-state index in [1.54, 1.807) is 0 Å². The predicted octanol–water partition coefficient (Wildman–Crippen LogP) is 3.66. The molecule has 1 atom stereocenters. The number of carboxylic acid groups (broad SMARTS) is 1. The zero-order valence-corrected chi connectivity index (χ0v) is 21.3. The first-order valence-electron chi connectivity index (χ1n) is 11.8. The van der Waals surface area contributed by atoms with Gasteiger partial charge >= 0.3 is 5.97 Å². The van der Waals surface area contributed by atoms with E-state index in [9.17, 15) is 9.90 Å². The van der Waals surface area contributed by atoms with Gasteiger partial charge < -0.3 is 34.1 Å². The third kappa shape index (κ3) is 11.0. The van der Waals surface area contributed by atoms with Crippen molar-refractivity contribution in [2.75, 3.05) is 65.2 Å². The largest absolute Gasteiger partial charge is 0.491 e. The monoisotopic (exact) mass is 499 g/mol. The van der Waals surface area contributed by atoms with Gasteiger partial charge in [0, 0.05) is 19.8 Å². The van der Waals surface area contributed by atoms with Crippen LogP contribution in [0.4, 0.5) is 5.69 Å². The molecule has 2 aromatic carbocycles. The highest BCUT2D eigenvalue weighted by Gasteiger charge is 2.07. The van der Waals surface area contributed by atoms with Gasteiger partial charge in [-0.05, 0) is 53.5 Å². The summed E-state index contributed by atoms with van der Waals surface area (Å²) in [5.41, 5.74) is 5.22. The summed E-state index contributed by atoms with van der Waals surface area (Å²) >= 11 is 0. The molecule has 0 saturated heterocycles. The molecular weight excluding hydrogens is 462 g/mol. The molecule has 36 heavy (non-hydrogen) atoms. The Labute approximate surface area is 213 Å². The van der Waals surface area contributed by atoms with Gasteiger partial charge in [-0.3, -0.25) is 0 Å². The Morgan fingerprint density at radius 2 is 1.67 bits per heavy atom. The van der Waals surface area contributed by atoms with Crippen molar-refractivity contribution in [3.63, 3.8) is 0 Å². The molecule has 196 valence electrons. The SMILES string of the molecule is C=C(/C=C\c1cc(OCC(O)COCCOCCOCC(=O)O)ccc1C)c1ccc(N(C)C)cc1. The van der Waals surface area contributed by atoms with Crippen LogP contribution in [0.1, 0.15) is 16.7 Å². The van der Waals surface area contributed by atoms with Crippen LogP contribution in [0.3, 0.4) is 0 Å². The molecule has 0 bridgehead atoms. The summed E-state index contributed by atoms with van der Waals surface area (Å²) in [6.07, 6.45) is 3.21. The molecule has 8 nitrogen and oxygen atoms in total. The number of benzene rings is 2. The normalized spacial score (nSPS) is 12.0. The fraction of sp³-hybridized carbons (Fsp3) is 0.393. The second-order valence-corrected chi connectivity index (χ2v) is 8.42. The van der Waals surface area contributed by atoms with Crippen LogP contribution in [0.15, 0.2) is 55.1 Å². The van der Waals surface area contributed by atoms with E-state index in [1.807, 2.05) is 51.4 Å². The predicted molar refractivity (Wildman–Crippen MR) is 142 cm³/mol. The standard InChI is InChI=1S/C28H37NO7/c1-21(23-8-10-25(11-9-23)29(3)4)5-7-24-17-27(12-6-22(24)2)36-19-26(30)18-34-15-13-33-14-16-35-20-28(31)32/h5-12,17,26,30H,1,13-16,18-20H2,2-4H3,(H,31,32)/b7-5-. The molecule has 0 spiro atoms. The first-order valence-corrected chi connectivity index (χ1v) is 11.8. The summed E-state index contributed by atoms with van der Waals surface area (Å²) in [6, 6.07) is 14.0.